The van der Waals surface area contributed by atoms with E-state index >= 15 is 0 Å². The molecule has 0 aromatic carbocycles. The van der Waals surface area contributed by atoms with Crippen molar-refractivity contribution in [3.05, 3.63) is 24.0 Å². The van der Waals surface area contributed by atoms with Gasteiger partial charge in [-0.1, -0.05) is 0 Å². The van der Waals surface area contributed by atoms with E-state index in [1.807, 2.05) is 0 Å². The quantitative estimate of drug-likeness (QED) is 0.319. The van der Waals surface area contributed by atoms with Gasteiger partial charge in [-0.2, -0.15) is 0 Å². The molecule has 8 heteroatoms. The summed E-state index contributed by atoms with van der Waals surface area (Å²) in [5.74, 6) is 0. The fourth-order valence-electron chi connectivity index (χ4n) is 0.528. The average Bonchev–Trinajstić information content (AvgIpc) is 2.21. The van der Waals surface area contributed by atoms with Crippen molar-refractivity contribution in [3.63, 3.8) is 0 Å². The lowest BCUT2D eigenvalue weighted by atomic mass is 10.3. The van der Waals surface area contributed by atoms with E-state index < -0.39 is 6.03 Å². The summed E-state index contributed by atoms with van der Waals surface area (Å²) in [7, 11) is 0. The highest BCUT2D eigenvalue weighted by atomic mass is 32.1. The summed E-state index contributed by atoms with van der Waals surface area (Å²) in [6.07, 6.45) is 2.16. The number of nitrogens with two attached hydrogens (primary N) is 4. The van der Waals surface area contributed by atoms with Crippen LogP contribution >= 0.6 is 12.8 Å². The van der Waals surface area contributed by atoms with Gasteiger partial charge in [0.05, 0.1) is 5.69 Å². The Kier molecular flexibility index (Phi) is 10.7. The van der Waals surface area contributed by atoms with Crippen LogP contribution in [0.2, 0.25) is 0 Å². The maximum atomic E-state index is 10.1. The van der Waals surface area contributed by atoms with Crippen molar-refractivity contribution < 1.29 is 9.59 Å². The summed E-state index contributed by atoms with van der Waals surface area (Å²) < 4.78 is 0. The number of nitrogens with zero attached hydrogens (tertiary/aromatic N) is 1. The molecule has 7 nitrogen and oxygen atoms in total. The number of pyridine rings is 1. The van der Waals surface area contributed by atoms with Gasteiger partial charge in [0.15, 0.2) is 6.29 Å². The first kappa shape index (κ1) is 15.7. The van der Waals surface area contributed by atoms with Crippen LogP contribution in [0.15, 0.2) is 18.3 Å². The number of primary amides is 2. The van der Waals surface area contributed by atoms with Gasteiger partial charge in [0.25, 0.3) is 0 Å². The van der Waals surface area contributed by atoms with E-state index in [2.05, 4.69) is 34.4 Å². The van der Waals surface area contributed by atoms with Gasteiger partial charge in [-0.15, -0.1) is 12.8 Å². The zero-order valence-electron chi connectivity index (χ0n) is 7.83. The number of hydrogen-bond acceptors (Lipinski definition) is 6. The monoisotopic (exact) mass is 231 g/mol. The van der Waals surface area contributed by atoms with E-state index in [0.717, 1.165) is 0 Å². The molecule has 0 aliphatic heterocycles. The summed E-state index contributed by atoms with van der Waals surface area (Å²) in [6.45, 7) is 0. The molecule has 0 saturated heterocycles. The van der Waals surface area contributed by atoms with E-state index in [4.69, 9.17) is 10.5 Å². The molecule has 1 aromatic heterocycles. The molecule has 0 fully saturated rings. The van der Waals surface area contributed by atoms with Crippen molar-refractivity contribution in [3.8, 4) is 0 Å². The Morgan fingerprint density at radius 2 is 1.87 bits per heavy atom. The molecular weight excluding hydrogens is 218 g/mol. The Bertz CT molecular complexity index is 303. The molecule has 84 valence electrons. The Balaban J connectivity index is 0. The summed E-state index contributed by atoms with van der Waals surface area (Å²) >= 11 is 3.03. The minimum absolute atomic E-state index is 0.303. The molecule has 0 bridgehead atoms. The smallest absolute Gasteiger partial charge is 0.309 e. The van der Waals surface area contributed by atoms with Crippen LogP contribution in [-0.2, 0) is 0 Å². The van der Waals surface area contributed by atoms with E-state index in [1.54, 1.807) is 12.1 Å². The molecule has 0 aliphatic carbocycles. The summed E-state index contributed by atoms with van der Waals surface area (Å²) in [5, 5.41) is 4.19. The predicted molar refractivity (Wildman–Crippen MR) is 61.0 cm³/mol. The molecule has 2 amide bonds. The number of thiol groups is 1. The summed E-state index contributed by atoms with van der Waals surface area (Å²) in [6, 6.07) is 2.49. The third-order valence-corrected chi connectivity index (χ3v) is 0.983. The second-order valence-corrected chi connectivity index (χ2v) is 2.00. The maximum Gasteiger partial charge on any atom is 0.309 e. The number of urea groups is 1. The third-order valence-electron chi connectivity index (χ3n) is 0.983. The summed E-state index contributed by atoms with van der Waals surface area (Å²) in [5.41, 5.74) is 14.6. The molecule has 0 aliphatic rings. The minimum atomic E-state index is -0.833. The van der Waals surface area contributed by atoms with Gasteiger partial charge in [0.2, 0.25) is 0 Å². The fourth-order valence-corrected chi connectivity index (χ4v) is 0.528. The van der Waals surface area contributed by atoms with Crippen molar-refractivity contribution in [1.82, 2.24) is 4.98 Å². The zero-order valence-corrected chi connectivity index (χ0v) is 8.72. The normalized spacial score (nSPS) is 7.33. The molecule has 0 atom stereocenters. The van der Waals surface area contributed by atoms with Crippen molar-refractivity contribution in [2.45, 2.75) is 0 Å². The maximum absolute atomic E-state index is 10.1. The van der Waals surface area contributed by atoms with Gasteiger partial charge in [-0.3, -0.25) is 14.9 Å². The molecule has 15 heavy (non-hydrogen) atoms. The topological polar surface area (TPSA) is 151 Å². The molecule has 0 spiro atoms. The van der Waals surface area contributed by atoms with Gasteiger partial charge < -0.3 is 17.2 Å². The molecular formula is C7H13N5O2S. The van der Waals surface area contributed by atoms with E-state index in [9.17, 15) is 4.79 Å². The largest absolute Gasteiger partial charge is 0.397 e. The van der Waals surface area contributed by atoms with Crippen LogP contribution in [0.1, 0.15) is 10.5 Å². The third kappa shape index (κ3) is 10.1. The highest BCUT2D eigenvalue weighted by Gasteiger charge is 1.92. The SMILES string of the molecule is NC(N)=O.NS.Nc1cccnc1C=O. The Labute approximate surface area is 92.4 Å². The highest BCUT2D eigenvalue weighted by molar-refractivity contribution is 7.77. The number of carbonyl (C=O) groups is 2. The van der Waals surface area contributed by atoms with E-state index in [0.29, 0.717) is 17.7 Å². The number of aromatic nitrogens is 1. The first-order chi connectivity index (χ1) is 7.07. The lowest BCUT2D eigenvalue weighted by Crippen LogP contribution is -2.18. The van der Waals surface area contributed by atoms with Gasteiger partial charge >= 0.3 is 6.03 Å². The Hall–Kier alpha value is -1.80. The second-order valence-electron chi connectivity index (χ2n) is 2.00. The van der Waals surface area contributed by atoms with Gasteiger partial charge in [0, 0.05) is 6.20 Å². The van der Waals surface area contributed by atoms with Crippen LogP contribution in [0.3, 0.4) is 0 Å². The Morgan fingerprint density at radius 3 is 2.13 bits per heavy atom. The second kappa shape index (κ2) is 10.3. The fraction of sp³-hybridized carbons (Fsp3) is 0. The lowest BCUT2D eigenvalue weighted by Gasteiger charge is -1.91. The number of carbonyl (C=O) groups excluding carboxylic acids is 2. The lowest BCUT2D eigenvalue weighted by molar-refractivity contribution is 0.112. The van der Waals surface area contributed by atoms with E-state index in [-0.39, 0.29) is 0 Å². The number of anilines is 1. The molecule has 0 unspecified atom stereocenters. The van der Waals surface area contributed by atoms with Gasteiger partial charge in [0.1, 0.15) is 5.69 Å². The van der Waals surface area contributed by atoms with Gasteiger partial charge in [-0.05, 0) is 12.1 Å². The van der Waals surface area contributed by atoms with Crippen LogP contribution in [0, 0.1) is 0 Å². The number of rotatable bonds is 1. The van der Waals surface area contributed by atoms with E-state index in [1.165, 1.54) is 6.20 Å². The number of nitrogen functional groups attached to an aromatic ring is 1. The molecule has 1 rings (SSSR count). The molecule has 8 N–H and O–H groups in total. The molecule has 1 heterocycles. The first-order valence-corrected chi connectivity index (χ1v) is 4.06. The Morgan fingerprint density at radius 1 is 1.40 bits per heavy atom. The molecule has 0 radical (unpaired) electrons. The van der Waals surface area contributed by atoms with Gasteiger partial charge in [-0.25, -0.2) is 4.79 Å². The number of amides is 2. The van der Waals surface area contributed by atoms with Crippen LogP contribution < -0.4 is 22.3 Å². The minimum Gasteiger partial charge on any atom is -0.397 e. The van der Waals surface area contributed by atoms with Crippen LogP contribution in [0.25, 0.3) is 0 Å². The first-order valence-electron chi connectivity index (χ1n) is 3.54. The highest BCUT2D eigenvalue weighted by Crippen LogP contribution is 2.01. The van der Waals surface area contributed by atoms with Crippen LogP contribution in [0.4, 0.5) is 10.5 Å². The van der Waals surface area contributed by atoms with Crippen molar-refractivity contribution in [1.29, 1.82) is 0 Å². The number of aldehydes is 1. The van der Waals surface area contributed by atoms with Crippen molar-refractivity contribution in [2.24, 2.45) is 16.6 Å². The molecule has 1 aromatic rings. The van der Waals surface area contributed by atoms with Crippen molar-refractivity contribution in [2.75, 3.05) is 5.73 Å². The van der Waals surface area contributed by atoms with Crippen LogP contribution in [0.5, 0.6) is 0 Å². The van der Waals surface area contributed by atoms with Crippen molar-refractivity contribution >= 4 is 30.8 Å². The van der Waals surface area contributed by atoms with Crippen LogP contribution in [-0.4, -0.2) is 17.3 Å². The predicted octanol–water partition coefficient (Wildman–Crippen LogP) is -0.710. The average molecular weight is 231 g/mol. The standard InChI is InChI=1S/C6H6N2O.CH4N2O.H3NS/c7-5-2-1-3-8-6(5)4-9;2-1(3)4;1-2/h1-4H,7H2;(H4,2,3,4);2H,1H2. The number of hydrogen-bond donors (Lipinski definition) is 5. The molecule has 0 saturated carbocycles. The zero-order chi connectivity index (χ0) is 12.3. The summed E-state index contributed by atoms with van der Waals surface area (Å²) in [4.78, 5) is 22.8.